The van der Waals surface area contributed by atoms with Crippen molar-refractivity contribution < 1.29 is 18.0 Å². The number of anilines is 1. The summed E-state index contributed by atoms with van der Waals surface area (Å²) >= 11 is 1.52. The fourth-order valence-electron chi connectivity index (χ4n) is 5.24. The predicted molar refractivity (Wildman–Crippen MR) is 170 cm³/mol. The first-order valence-electron chi connectivity index (χ1n) is 14.5. The average Bonchev–Trinajstić information content (AvgIpc) is 3.00. The number of nitrogens with zero attached hydrogens (tertiary/aromatic N) is 2. The van der Waals surface area contributed by atoms with E-state index in [1.807, 2.05) is 56.5 Å². The molecule has 0 spiro atoms. The van der Waals surface area contributed by atoms with Crippen LogP contribution in [0, 0.1) is 13.8 Å². The van der Waals surface area contributed by atoms with E-state index < -0.39 is 28.5 Å². The Morgan fingerprint density at radius 2 is 1.57 bits per heavy atom. The first kappa shape index (κ1) is 31.6. The normalized spacial score (nSPS) is 14.7. The number of benzene rings is 3. The summed E-state index contributed by atoms with van der Waals surface area (Å²) in [4.78, 5) is 30.2. The highest BCUT2D eigenvalue weighted by molar-refractivity contribution is 7.98. The zero-order valence-electron chi connectivity index (χ0n) is 24.9. The van der Waals surface area contributed by atoms with Gasteiger partial charge in [0.25, 0.3) is 10.0 Å². The second-order valence-electron chi connectivity index (χ2n) is 11.0. The zero-order valence-corrected chi connectivity index (χ0v) is 26.5. The molecule has 1 fully saturated rings. The maximum absolute atomic E-state index is 14.2. The number of amides is 2. The molecule has 2 amide bonds. The van der Waals surface area contributed by atoms with Crippen LogP contribution in [-0.2, 0) is 26.2 Å². The van der Waals surface area contributed by atoms with Gasteiger partial charge in [0.15, 0.2) is 0 Å². The minimum atomic E-state index is -4.09. The third-order valence-electron chi connectivity index (χ3n) is 7.97. The van der Waals surface area contributed by atoms with Crippen molar-refractivity contribution in [1.29, 1.82) is 0 Å². The Bertz CT molecular complexity index is 1470. The summed E-state index contributed by atoms with van der Waals surface area (Å²) in [6.45, 7) is 5.36. The van der Waals surface area contributed by atoms with Gasteiger partial charge in [-0.3, -0.25) is 13.9 Å². The lowest BCUT2D eigenvalue weighted by molar-refractivity contribution is -0.139. The number of hydrogen-bond donors (Lipinski definition) is 1. The maximum Gasteiger partial charge on any atom is 0.264 e. The third kappa shape index (κ3) is 7.75. The average molecular weight is 608 g/mol. The van der Waals surface area contributed by atoms with Crippen molar-refractivity contribution >= 4 is 39.3 Å². The Hall–Kier alpha value is -3.30. The van der Waals surface area contributed by atoms with Gasteiger partial charge >= 0.3 is 0 Å². The molecule has 42 heavy (non-hydrogen) atoms. The third-order valence-corrected chi connectivity index (χ3v) is 10.5. The fourth-order valence-corrected chi connectivity index (χ4v) is 7.06. The molecule has 0 radical (unpaired) electrons. The molecule has 0 unspecified atom stereocenters. The number of carbonyl (C=O) groups excluding carboxylic acids is 2. The van der Waals surface area contributed by atoms with Gasteiger partial charge in [-0.1, -0.05) is 61.2 Å². The van der Waals surface area contributed by atoms with E-state index in [4.69, 9.17) is 0 Å². The summed E-state index contributed by atoms with van der Waals surface area (Å²) in [5.41, 5.74) is 3.26. The smallest absolute Gasteiger partial charge is 0.264 e. The Morgan fingerprint density at radius 1 is 0.929 bits per heavy atom. The highest BCUT2D eigenvalue weighted by atomic mass is 32.2. The standard InChI is InChI=1S/C33H41N3O4S2/c1-24-14-16-29(17-15-24)36(42(39,40)31-20-18-30(41-4)19-21-31)23-32(37)35(22-27-11-9-8-10-25(27)2)26(3)33(38)34-28-12-6-5-7-13-28/h8-11,14-21,26,28H,5-7,12-13,22-23H2,1-4H3,(H,34,38)/t26-/m0/s1. The summed E-state index contributed by atoms with van der Waals surface area (Å²) < 4.78 is 29.2. The van der Waals surface area contributed by atoms with Crippen LogP contribution < -0.4 is 9.62 Å². The molecule has 1 saturated carbocycles. The number of sulfonamides is 1. The zero-order chi connectivity index (χ0) is 30.3. The summed E-state index contributed by atoms with van der Waals surface area (Å²) in [6.07, 6.45) is 7.11. The van der Waals surface area contributed by atoms with Crippen LogP contribution in [0.5, 0.6) is 0 Å². The SMILES string of the molecule is CSc1ccc(S(=O)(=O)N(CC(=O)N(Cc2ccccc2C)[C@@H](C)C(=O)NC2CCCCC2)c2ccc(C)cc2)cc1. The second kappa shape index (κ2) is 14.2. The molecule has 1 N–H and O–H groups in total. The van der Waals surface area contributed by atoms with Gasteiger partial charge in [0.1, 0.15) is 12.6 Å². The predicted octanol–water partition coefficient (Wildman–Crippen LogP) is 6.09. The summed E-state index contributed by atoms with van der Waals surface area (Å²) in [7, 11) is -4.09. The molecule has 1 aliphatic rings. The van der Waals surface area contributed by atoms with E-state index >= 15 is 0 Å². The first-order chi connectivity index (χ1) is 20.1. The minimum Gasteiger partial charge on any atom is -0.352 e. The van der Waals surface area contributed by atoms with Gasteiger partial charge in [-0.15, -0.1) is 11.8 Å². The quantitative estimate of drug-likeness (QED) is 0.267. The minimum absolute atomic E-state index is 0.0952. The lowest BCUT2D eigenvalue weighted by Crippen LogP contribution is -2.53. The molecule has 9 heteroatoms. The number of rotatable bonds is 11. The number of carbonyl (C=O) groups is 2. The molecule has 1 atom stereocenters. The van der Waals surface area contributed by atoms with Crippen LogP contribution in [0.4, 0.5) is 5.69 Å². The maximum atomic E-state index is 14.2. The molecule has 4 rings (SSSR count). The summed E-state index contributed by atoms with van der Waals surface area (Å²) in [6, 6.07) is 20.8. The van der Waals surface area contributed by atoms with Crippen molar-refractivity contribution in [3.05, 3.63) is 89.5 Å². The Kier molecular flexibility index (Phi) is 10.7. The highest BCUT2D eigenvalue weighted by Gasteiger charge is 2.33. The highest BCUT2D eigenvalue weighted by Crippen LogP contribution is 2.27. The van der Waals surface area contributed by atoms with E-state index in [-0.39, 0.29) is 23.4 Å². The molecular formula is C33H41N3O4S2. The lowest BCUT2D eigenvalue weighted by Gasteiger charge is -2.33. The van der Waals surface area contributed by atoms with Crippen molar-refractivity contribution in [3.63, 3.8) is 0 Å². The van der Waals surface area contributed by atoms with Crippen LogP contribution in [0.3, 0.4) is 0 Å². The van der Waals surface area contributed by atoms with Crippen LogP contribution in [0.1, 0.15) is 55.7 Å². The first-order valence-corrected chi connectivity index (χ1v) is 17.1. The van der Waals surface area contributed by atoms with Crippen molar-refractivity contribution in [2.75, 3.05) is 17.1 Å². The van der Waals surface area contributed by atoms with E-state index in [1.165, 1.54) is 23.1 Å². The largest absolute Gasteiger partial charge is 0.352 e. The van der Waals surface area contributed by atoms with Gasteiger partial charge in [0.05, 0.1) is 10.6 Å². The molecule has 0 bridgehead atoms. The van der Waals surface area contributed by atoms with Gasteiger partial charge in [-0.25, -0.2) is 8.42 Å². The molecule has 0 saturated heterocycles. The number of thioether (sulfide) groups is 1. The van der Waals surface area contributed by atoms with E-state index in [1.54, 1.807) is 43.3 Å². The molecule has 224 valence electrons. The van der Waals surface area contributed by atoms with E-state index in [9.17, 15) is 18.0 Å². The van der Waals surface area contributed by atoms with E-state index in [2.05, 4.69) is 5.32 Å². The van der Waals surface area contributed by atoms with Gasteiger partial charge in [0.2, 0.25) is 11.8 Å². The Labute approximate surface area is 254 Å². The Balaban J connectivity index is 1.68. The topological polar surface area (TPSA) is 86.8 Å². The van der Waals surface area contributed by atoms with Gasteiger partial charge in [0, 0.05) is 17.5 Å². The van der Waals surface area contributed by atoms with Gasteiger partial charge in [-0.2, -0.15) is 0 Å². The monoisotopic (exact) mass is 607 g/mol. The van der Waals surface area contributed by atoms with Crippen LogP contribution in [0.15, 0.2) is 82.6 Å². The lowest BCUT2D eigenvalue weighted by atomic mass is 9.95. The summed E-state index contributed by atoms with van der Waals surface area (Å²) in [5.74, 6) is -0.671. The van der Waals surface area contributed by atoms with Crippen LogP contribution >= 0.6 is 11.8 Å². The molecule has 0 aliphatic heterocycles. The number of aryl methyl sites for hydroxylation is 2. The molecule has 3 aromatic carbocycles. The van der Waals surface area contributed by atoms with Crippen LogP contribution in [0.2, 0.25) is 0 Å². The molecule has 0 aromatic heterocycles. The molecule has 3 aromatic rings. The fraction of sp³-hybridized carbons (Fsp3) is 0.394. The van der Waals surface area contributed by atoms with Gasteiger partial charge in [-0.05, 0) is 87.4 Å². The van der Waals surface area contributed by atoms with Crippen LogP contribution in [-0.4, -0.2) is 50.0 Å². The Morgan fingerprint density at radius 3 is 2.19 bits per heavy atom. The molecular weight excluding hydrogens is 567 g/mol. The molecule has 7 nitrogen and oxygen atoms in total. The second-order valence-corrected chi connectivity index (χ2v) is 13.7. The van der Waals surface area contributed by atoms with E-state index in [0.29, 0.717) is 5.69 Å². The van der Waals surface area contributed by atoms with Crippen LogP contribution in [0.25, 0.3) is 0 Å². The van der Waals surface area contributed by atoms with E-state index in [0.717, 1.165) is 51.6 Å². The van der Waals surface area contributed by atoms with Crippen molar-refractivity contribution in [2.24, 2.45) is 0 Å². The van der Waals surface area contributed by atoms with Crippen molar-refractivity contribution in [2.45, 2.75) is 81.3 Å². The number of nitrogens with one attached hydrogen (secondary N) is 1. The van der Waals surface area contributed by atoms with Crippen molar-refractivity contribution in [3.8, 4) is 0 Å². The van der Waals surface area contributed by atoms with Gasteiger partial charge < -0.3 is 10.2 Å². The number of hydrogen-bond acceptors (Lipinski definition) is 5. The summed E-state index contributed by atoms with van der Waals surface area (Å²) in [5, 5.41) is 3.15. The molecule has 0 heterocycles. The van der Waals surface area contributed by atoms with Crippen molar-refractivity contribution in [1.82, 2.24) is 10.2 Å². The molecule has 1 aliphatic carbocycles.